The highest BCUT2D eigenvalue weighted by Crippen LogP contribution is 2.44. The van der Waals surface area contributed by atoms with Crippen LogP contribution in [0.5, 0.6) is 0 Å². The first-order chi connectivity index (χ1) is 9.13. The molecule has 3 rings (SSSR count). The summed E-state index contributed by atoms with van der Waals surface area (Å²) in [6.45, 7) is 2.63. The Bertz CT molecular complexity index is 629. The molecule has 100 valence electrons. The summed E-state index contributed by atoms with van der Waals surface area (Å²) in [4.78, 5) is 16.4. The van der Waals surface area contributed by atoms with E-state index in [-0.39, 0.29) is 17.9 Å². The largest absolute Gasteiger partial charge is 0.396 e. The molecule has 2 N–H and O–H groups in total. The number of aliphatic hydroxyl groups excluding tert-OH is 1. The van der Waals surface area contributed by atoms with Gasteiger partial charge in [-0.15, -0.1) is 0 Å². The fourth-order valence-corrected chi connectivity index (χ4v) is 2.18. The summed E-state index contributed by atoms with van der Waals surface area (Å²) in [5.41, 5.74) is 2.15. The minimum Gasteiger partial charge on any atom is -0.396 e. The predicted octanol–water partition coefficient (Wildman–Crippen LogP) is 1.15. The maximum Gasteiger partial charge on any atom is 0.271 e. The van der Waals surface area contributed by atoms with Gasteiger partial charge in [-0.05, 0) is 31.9 Å². The van der Waals surface area contributed by atoms with Crippen molar-refractivity contribution in [1.29, 1.82) is 0 Å². The first-order valence-electron chi connectivity index (χ1n) is 6.47. The van der Waals surface area contributed by atoms with Crippen LogP contribution in [0.4, 0.5) is 0 Å². The maximum absolute atomic E-state index is 12.0. The summed E-state index contributed by atoms with van der Waals surface area (Å²) in [5.74, 6) is -0.178. The Hall–Kier alpha value is -1.88. The topological polar surface area (TPSA) is 66.6 Å². The Balaban J connectivity index is 1.76. The third-order valence-electron chi connectivity index (χ3n) is 3.85. The first-order valence-corrected chi connectivity index (χ1v) is 6.47. The molecule has 0 spiro atoms. The number of fused-ring (bicyclic) bond motifs is 1. The standard InChI is InChI=1S/C14H17N3O2/c1-10-3-2-4-12-16-11(7-17(10)12)13(19)15-8-14(9-18)5-6-14/h2-4,7,18H,5-6,8-9H2,1H3,(H,15,19). The van der Waals surface area contributed by atoms with Gasteiger partial charge in [0, 0.05) is 23.9 Å². The van der Waals surface area contributed by atoms with Crippen LogP contribution in [0.25, 0.3) is 5.65 Å². The Morgan fingerprint density at radius 2 is 2.32 bits per heavy atom. The minimum atomic E-state index is -0.178. The highest BCUT2D eigenvalue weighted by molar-refractivity contribution is 5.92. The number of hydrogen-bond acceptors (Lipinski definition) is 3. The van der Waals surface area contributed by atoms with Gasteiger partial charge >= 0.3 is 0 Å². The highest BCUT2D eigenvalue weighted by Gasteiger charge is 2.42. The third kappa shape index (κ3) is 2.21. The lowest BCUT2D eigenvalue weighted by Crippen LogP contribution is -2.32. The molecule has 1 saturated carbocycles. The van der Waals surface area contributed by atoms with Crippen molar-refractivity contribution in [2.75, 3.05) is 13.2 Å². The molecular weight excluding hydrogens is 242 g/mol. The van der Waals surface area contributed by atoms with Gasteiger partial charge in [-0.25, -0.2) is 4.98 Å². The van der Waals surface area contributed by atoms with Crippen molar-refractivity contribution in [3.63, 3.8) is 0 Å². The van der Waals surface area contributed by atoms with Crippen molar-refractivity contribution < 1.29 is 9.90 Å². The smallest absolute Gasteiger partial charge is 0.271 e. The zero-order valence-electron chi connectivity index (χ0n) is 10.9. The number of amides is 1. The number of carbonyl (C=O) groups excluding carboxylic acids is 1. The molecule has 2 heterocycles. The van der Waals surface area contributed by atoms with E-state index < -0.39 is 0 Å². The molecule has 19 heavy (non-hydrogen) atoms. The zero-order chi connectivity index (χ0) is 13.5. The molecule has 5 nitrogen and oxygen atoms in total. The molecule has 1 aliphatic rings. The van der Waals surface area contributed by atoms with E-state index in [0.29, 0.717) is 12.2 Å². The summed E-state index contributed by atoms with van der Waals surface area (Å²) in [6, 6.07) is 5.77. The number of nitrogens with one attached hydrogen (secondary N) is 1. The van der Waals surface area contributed by atoms with Crippen LogP contribution in [0.1, 0.15) is 29.0 Å². The molecule has 0 radical (unpaired) electrons. The lowest BCUT2D eigenvalue weighted by Gasteiger charge is -2.11. The van der Waals surface area contributed by atoms with Gasteiger partial charge in [-0.3, -0.25) is 4.79 Å². The monoisotopic (exact) mass is 259 g/mol. The van der Waals surface area contributed by atoms with Crippen LogP contribution in [0.2, 0.25) is 0 Å². The van der Waals surface area contributed by atoms with Crippen LogP contribution in [0, 0.1) is 12.3 Å². The van der Waals surface area contributed by atoms with Crippen LogP contribution in [0.3, 0.4) is 0 Å². The van der Waals surface area contributed by atoms with E-state index in [9.17, 15) is 9.90 Å². The van der Waals surface area contributed by atoms with Gasteiger partial charge in [0.05, 0.1) is 6.61 Å². The van der Waals surface area contributed by atoms with Gasteiger partial charge in [0.1, 0.15) is 11.3 Å². The summed E-state index contributed by atoms with van der Waals surface area (Å²) in [5, 5.41) is 12.1. The third-order valence-corrected chi connectivity index (χ3v) is 3.85. The van der Waals surface area contributed by atoms with Crippen LogP contribution in [0.15, 0.2) is 24.4 Å². The van der Waals surface area contributed by atoms with Gasteiger partial charge in [0.15, 0.2) is 0 Å². The van der Waals surface area contributed by atoms with Crippen molar-refractivity contribution in [2.45, 2.75) is 19.8 Å². The van der Waals surface area contributed by atoms with Gasteiger partial charge < -0.3 is 14.8 Å². The Labute approximate surface area is 111 Å². The second kappa shape index (κ2) is 4.35. The van der Waals surface area contributed by atoms with E-state index in [4.69, 9.17) is 0 Å². The first kappa shape index (κ1) is 12.2. The molecule has 1 amide bonds. The van der Waals surface area contributed by atoms with Crippen molar-refractivity contribution in [3.05, 3.63) is 35.8 Å². The van der Waals surface area contributed by atoms with E-state index in [1.807, 2.05) is 29.5 Å². The lowest BCUT2D eigenvalue weighted by molar-refractivity contribution is 0.0931. The van der Waals surface area contributed by atoms with Gasteiger partial charge in [0.25, 0.3) is 5.91 Å². The van der Waals surface area contributed by atoms with E-state index in [0.717, 1.165) is 24.2 Å². The number of aromatic nitrogens is 2. The Morgan fingerprint density at radius 3 is 2.95 bits per heavy atom. The summed E-state index contributed by atoms with van der Waals surface area (Å²) in [7, 11) is 0. The summed E-state index contributed by atoms with van der Waals surface area (Å²) >= 11 is 0. The molecule has 1 fully saturated rings. The highest BCUT2D eigenvalue weighted by atomic mass is 16.3. The average molecular weight is 259 g/mol. The number of pyridine rings is 1. The number of nitrogens with zero attached hydrogens (tertiary/aromatic N) is 2. The van der Waals surface area contributed by atoms with Crippen LogP contribution < -0.4 is 5.32 Å². The maximum atomic E-state index is 12.0. The van der Waals surface area contributed by atoms with Gasteiger partial charge in [0.2, 0.25) is 0 Å². The fourth-order valence-electron chi connectivity index (χ4n) is 2.18. The molecule has 0 atom stereocenters. The molecule has 0 unspecified atom stereocenters. The number of imidazole rings is 1. The number of aryl methyl sites for hydroxylation is 1. The number of rotatable bonds is 4. The van der Waals surface area contributed by atoms with Crippen molar-refractivity contribution in [2.24, 2.45) is 5.41 Å². The molecular formula is C14H17N3O2. The number of aliphatic hydroxyl groups is 1. The summed E-state index contributed by atoms with van der Waals surface area (Å²) in [6.07, 6.45) is 3.71. The molecule has 0 aromatic carbocycles. The summed E-state index contributed by atoms with van der Waals surface area (Å²) < 4.78 is 1.90. The second-order valence-electron chi connectivity index (χ2n) is 5.36. The van der Waals surface area contributed by atoms with Gasteiger partial charge in [-0.1, -0.05) is 6.07 Å². The molecule has 0 aliphatic heterocycles. The van der Waals surface area contributed by atoms with Crippen molar-refractivity contribution in [1.82, 2.24) is 14.7 Å². The quantitative estimate of drug-likeness (QED) is 0.865. The average Bonchev–Trinajstić information content (AvgIpc) is 3.06. The molecule has 1 aliphatic carbocycles. The molecule has 0 saturated heterocycles. The van der Waals surface area contributed by atoms with Crippen LogP contribution in [-0.4, -0.2) is 33.6 Å². The van der Waals surface area contributed by atoms with Crippen molar-refractivity contribution >= 4 is 11.6 Å². The number of carbonyl (C=O) groups is 1. The van der Waals surface area contributed by atoms with E-state index in [1.54, 1.807) is 6.20 Å². The number of hydrogen-bond donors (Lipinski definition) is 2. The van der Waals surface area contributed by atoms with Crippen LogP contribution in [-0.2, 0) is 0 Å². The molecule has 0 bridgehead atoms. The molecule has 2 aromatic rings. The lowest BCUT2D eigenvalue weighted by atomic mass is 10.1. The zero-order valence-corrected chi connectivity index (χ0v) is 10.9. The van der Waals surface area contributed by atoms with Gasteiger partial charge in [-0.2, -0.15) is 0 Å². The Kier molecular flexibility index (Phi) is 2.78. The van der Waals surface area contributed by atoms with E-state index in [2.05, 4.69) is 10.3 Å². The van der Waals surface area contributed by atoms with Crippen molar-refractivity contribution in [3.8, 4) is 0 Å². The SMILES string of the molecule is Cc1cccc2nc(C(=O)NCC3(CO)CC3)cn12. The van der Waals surface area contributed by atoms with E-state index >= 15 is 0 Å². The second-order valence-corrected chi connectivity index (χ2v) is 5.36. The van der Waals surface area contributed by atoms with E-state index in [1.165, 1.54) is 0 Å². The predicted molar refractivity (Wildman–Crippen MR) is 71.0 cm³/mol. The van der Waals surface area contributed by atoms with Crippen LogP contribution >= 0.6 is 0 Å². The normalized spacial score (nSPS) is 16.5. The Morgan fingerprint density at radius 1 is 1.53 bits per heavy atom. The molecule has 5 heteroatoms. The minimum absolute atomic E-state index is 0.0786. The molecule has 2 aromatic heterocycles. The fraction of sp³-hybridized carbons (Fsp3) is 0.429.